The second kappa shape index (κ2) is 15.3. The van der Waals surface area contributed by atoms with E-state index in [2.05, 4.69) is 27.8 Å². The Morgan fingerprint density at radius 1 is 0.849 bits per heavy atom. The highest BCUT2D eigenvalue weighted by atomic mass is 16.5. The van der Waals surface area contributed by atoms with Crippen molar-refractivity contribution in [2.45, 2.75) is 83.0 Å². The first kappa shape index (κ1) is 35.9. The number of H-pyrrole nitrogens is 1. The number of hydrogen-bond donors (Lipinski definition) is 3. The maximum Gasteiger partial charge on any atom is 0.407 e. The highest BCUT2D eigenvalue weighted by Gasteiger charge is 2.51. The molecule has 3 N–H and O–H groups in total. The van der Waals surface area contributed by atoms with E-state index in [9.17, 15) is 19.2 Å². The first-order valence-electron chi connectivity index (χ1n) is 18.7. The molecule has 2 saturated heterocycles. The monoisotopic (exact) mass is 716 g/mol. The van der Waals surface area contributed by atoms with Crippen molar-refractivity contribution in [2.24, 2.45) is 11.8 Å². The lowest BCUT2D eigenvalue weighted by Crippen LogP contribution is -2.54. The Bertz CT molecular complexity index is 1940. The Labute approximate surface area is 310 Å². The number of imidazole rings is 1. The fourth-order valence-corrected chi connectivity index (χ4v) is 8.40. The van der Waals surface area contributed by atoms with Gasteiger partial charge in [-0.3, -0.25) is 14.4 Å². The molecule has 7 rings (SSSR count). The highest BCUT2D eigenvalue weighted by molar-refractivity contribution is 5.98. The number of piperidine rings is 1. The molecule has 1 saturated carbocycles. The molecule has 0 radical (unpaired) electrons. The number of rotatable bonds is 10. The number of nitrogens with zero attached hydrogens (tertiary/aromatic N) is 3. The lowest BCUT2D eigenvalue weighted by atomic mass is 9.95. The first-order valence-corrected chi connectivity index (χ1v) is 18.7. The zero-order chi connectivity index (χ0) is 37.2. The van der Waals surface area contributed by atoms with Gasteiger partial charge in [0.1, 0.15) is 17.9 Å². The quantitative estimate of drug-likeness (QED) is 0.163. The summed E-state index contributed by atoms with van der Waals surface area (Å²) < 4.78 is 4.80. The number of hydrogen-bond acceptors (Lipinski definition) is 6. The van der Waals surface area contributed by atoms with Gasteiger partial charge in [0, 0.05) is 18.3 Å². The van der Waals surface area contributed by atoms with Crippen molar-refractivity contribution in [3.63, 3.8) is 0 Å². The van der Waals surface area contributed by atoms with Gasteiger partial charge in [0.25, 0.3) is 0 Å². The summed E-state index contributed by atoms with van der Waals surface area (Å²) in [4.78, 5) is 64.6. The lowest BCUT2D eigenvalue weighted by molar-refractivity contribution is -0.139. The molecule has 3 fully saturated rings. The minimum absolute atomic E-state index is 0.0218. The van der Waals surface area contributed by atoms with Gasteiger partial charge in [0.2, 0.25) is 17.7 Å². The van der Waals surface area contributed by atoms with Crippen LogP contribution in [0.1, 0.15) is 76.2 Å². The molecule has 6 atom stereocenters. The van der Waals surface area contributed by atoms with Crippen molar-refractivity contribution in [3.8, 4) is 22.4 Å². The van der Waals surface area contributed by atoms with Crippen molar-refractivity contribution in [1.82, 2.24) is 25.1 Å². The SMILES string of the molecule is COC(=O)N[C@H](C(=O)N1[C@H]2CC[C@H](C2)[C@H]1c1ncc(-c2ccc(-c3ccc(NC(=O)[C@@H]4CCCN4C(=O)[C@H](C)c4ccccc4)cc3)cc2)[nH]1)C(C)C. The minimum Gasteiger partial charge on any atom is -0.453 e. The smallest absolute Gasteiger partial charge is 0.407 e. The number of likely N-dealkylation sites (tertiary alicyclic amines) is 2. The molecular weight excluding hydrogens is 668 g/mol. The number of anilines is 1. The maximum atomic E-state index is 13.9. The molecular formula is C42H48N6O5. The Kier molecular flexibility index (Phi) is 10.3. The summed E-state index contributed by atoms with van der Waals surface area (Å²) in [5, 5.41) is 5.78. The number of fused-ring (bicyclic) bond motifs is 2. The molecule has 3 aromatic carbocycles. The zero-order valence-corrected chi connectivity index (χ0v) is 30.7. The zero-order valence-electron chi connectivity index (χ0n) is 30.7. The van der Waals surface area contributed by atoms with Crippen LogP contribution in [0, 0.1) is 11.8 Å². The molecule has 4 aromatic rings. The molecule has 1 aromatic heterocycles. The number of carbonyl (C=O) groups excluding carboxylic acids is 4. The summed E-state index contributed by atoms with van der Waals surface area (Å²) in [6.45, 7) is 6.33. The van der Waals surface area contributed by atoms with Crippen LogP contribution in [0.2, 0.25) is 0 Å². The molecule has 276 valence electrons. The standard InChI is InChI=1S/C42H48N6O5/c1-25(2)36(46-42(52)53-4)41(51)48-33-21-18-31(23-33)37(48)38-43-24-34(45-38)30-14-12-28(13-15-30)29-16-19-32(20-17-29)44-39(49)35-11-8-22-47(35)40(50)26(3)27-9-6-5-7-10-27/h5-7,9-10,12-17,19-20,24-26,31,33,35-37H,8,11,18,21-23H2,1-4H3,(H,43,45)(H,44,49)(H,46,52)/t26-,31-,33+,35+,36+,37+/m1/s1. The first-order chi connectivity index (χ1) is 25.6. The van der Waals surface area contributed by atoms with Gasteiger partial charge < -0.3 is 30.2 Å². The van der Waals surface area contributed by atoms with E-state index in [0.717, 1.165) is 59.5 Å². The summed E-state index contributed by atoms with van der Waals surface area (Å²) in [7, 11) is 1.30. The Morgan fingerprint density at radius 3 is 2.21 bits per heavy atom. The van der Waals surface area contributed by atoms with Gasteiger partial charge >= 0.3 is 6.09 Å². The van der Waals surface area contributed by atoms with Crippen LogP contribution >= 0.6 is 0 Å². The minimum atomic E-state index is -0.681. The molecule has 4 amide bonds. The number of benzene rings is 3. The Balaban J connectivity index is 0.995. The maximum absolute atomic E-state index is 13.9. The lowest BCUT2D eigenvalue weighted by Gasteiger charge is -2.37. The molecule has 2 aliphatic heterocycles. The van der Waals surface area contributed by atoms with Crippen LogP contribution in [0.3, 0.4) is 0 Å². The summed E-state index contributed by atoms with van der Waals surface area (Å²) in [6, 6.07) is 24.4. The van der Waals surface area contributed by atoms with Gasteiger partial charge in [-0.15, -0.1) is 0 Å². The average molecular weight is 717 g/mol. The molecule has 11 nitrogen and oxygen atoms in total. The molecule has 1 aliphatic carbocycles. The van der Waals surface area contributed by atoms with E-state index in [1.165, 1.54) is 7.11 Å². The fourth-order valence-electron chi connectivity index (χ4n) is 8.40. The van der Waals surface area contributed by atoms with Crippen molar-refractivity contribution in [2.75, 3.05) is 19.0 Å². The van der Waals surface area contributed by atoms with E-state index in [4.69, 9.17) is 9.72 Å². The fraction of sp³-hybridized carbons (Fsp3) is 0.405. The highest BCUT2D eigenvalue weighted by Crippen LogP contribution is 2.50. The summed E-state index contributed by atoms with van der Waals surface area (Å²) in [5.41, 5.74) is 5.50. The number of carbonyl (C=O) groups is 4. The van der Waals surface area contributed by atoms with Gasteiger partial charge in [-0.25, -0.2) is 9.78 Å². The van der Waals surface area contributed by atoms with Crippen molar-refractivity contribution in [1.29, 1.82) is 0 Å². The van der Waals surface area contributed by atoms with E-state index in [1.807, 2.05) is 98.6 Å². The predicted molar refractivity (Wildman–Crippen MR) is 203 cm³/mol. The van der Waals surface area contributed by atoms with Crippen molar-refractivity contribution < 1.29 is 23.9 Å². The van der Waals surface area contributed by atoms with Crippen molar-refractivity contribution >= 4 is 29.5 Å². The number of ether oxygens (including phenoxy) is 1. The second-order valence-electron chi connectivity index (χ2n) is 14.9. The molecule has 53 heavy (non-hydrogen) atoms. The molecule has 3 heterocycles. The molecule has 0 spiro atoms. The molecule has 0 unspecified atom stereocenters. The van der Waals surface area contributed by atoms with Crippen LogP contribution in [0.15, 0.2) is 85.1 Å². The third-order valence-electron chi connectivity index (χ3n) is 11.3. The van der Waals surface area contributed by atoms with Crippen LogP contribution in [0.4, 0.5) is 10.5 Å². The van der Waals surface area contributed by atoms with Crippen LogP contribution in [-0.2, 0) is 19.1 Å². The number of methoxy groups -OCH3 is 1. The summed E-state index contributed by atoms with van der Waals surface area (Å²) >= 11 is 0. The van der Waals surface area contributed by atoms with Crippen molar-refractivity contribution in [3.05, 3.63) is 96.4 Å². The largest absolute Gasteiger partial charge is 0.453 e. The third kappa shape index (κ3) is 7.29. The van der Waals surface area contributed by atoms with Gasteiger partial charge in [0.15, 0.2) is 0 Å². The van der Waals surface area contributed by atoms with Crippen LogP contribution < -0.4 is 10.6 Å². The van der Waals surface area contributed by atoms with Crippen LogP contribution in [0.25, 0.3) is 22.4 Å². The summed E-state index contributed by atoms with van der Waals surface area (Å²) in [5.74, 6) is 0.380. The molecule has 3 aliphatic rings. The van der Waals surface area contributed by atoms with E-state index in [0.29, 0.717) is 24.6 Å². The number of aromatic amines is 1. The second-order valence-corrected chi connectivity index (χ2v) is 14.9. The molecule has 11 heteroatoms. The molecule has 2 bridgehead atoms. The van der Waals surface area contributed by atoms with Crippen LogP contribution in [0.5, 0.6) is 0 Å². The van der Waals surface area contributed by atoms with E-state index < -0.39 is 18.2 Å². The number of aromatic nitrogens is 2. The predicted octanol–water partition coefficient (Wildman–Crippen LogP) is 6.91. The Morgan fingerprint density at radius 2 is 1.53 bits per heavy atom. The number of nitrogens with one attached hydrogen (secondary N) is 3. The number of alkyl carbamates (subject to hydrolysis) is 1. The third-order valence-corrected chi connectivity index (χ3v) is 11.3. The summed E-state index contributed by atoms with van der Waals surface area (Å²) in [6.07, 6.45) is 5.58. The number of amides is 4. The average Bonchev–Trinajstić information content (AvgIpc) is 4.02. The van der Waals surface area contributed by atoms with E-state index in [-0.39, 0.29) is 41.6 Å². The topological polar surface area (TPSA) is 137 Å². The Hall–Kier alpha value is -5.45. The van der Waals surface area contributed by atoms with E-state index in [1.54, 1.807) is 4.90 Å². The van der Waals surface area contributed by atoms with Gasteiger partial charge in [-0.1, -0.05) is 80.6 Å². The van der Waals surface area contributed by atoms with Gasteiger partial charge in [-0.05, 0) is 85.3 Å². The normalized spacial score (nSPS) is 21.8. The van der Waals surface area contributed by atoms with Crippen LogP contribution in [-0.4, -0.2) is 75.4 Å². The van der Waals surface area contributed by atoms with Gasteiger partial charge in [-0.2, -0.15) is 0 Å². The van der Waals surface area contributed by atoms with E-state index >= 15 is 0 Å². The van der Waals surface area contributed by atoms with Gasteiger partial charge in [0.05, 0.1) is 31.0 Å².